The van der Waals surface area contributed by atoms with Gasteiger partial charge in [0.2, 0.25) is 5.95 Å². The van der Waals surface area contributed by atoms with E-state index in [2.05, 4.69) is 15.3 Å². The van der Waals surface area contributed by atoms with Crippen LogP contribution in [-0.4, -0.2) is 46.5 Å². The zero-order valence-corrected chi connectivity index (χ0v) is 12.4. The summed E-state index contributed by atoms with van der Waals surface area (Å²) >= 11 is 0. The number of aliphatic hydroxyl groups excluding tert-OH is 1. The summed E-state index contributed by atoms with van der Waals surface area (Å²) < 4.78 is 37.4. The second-order valence-corrected chi connectivity index (χ2v) is 5.76. The number of rotatable bonds is 6. The minimum absolute atomic E-state index is 0.0408. The third-order valence-electron chi connectivity index (χ3n) is 2.54. The number of nitrogens with zero attached hydrogens (tertiary/aromatic N) is 3. The van der Waals surface area contributed by atoms with Crippen molar-refractivity contribution in [3.05, 3.63) is 18.0 Å². The standard InChI is InChI=1S/C13H21F3N4O/c1-12(2,3)19-8-10-6-17-11(18-7-10)20(4-5-21)9-13(14,15)16/h6-7,19,21H,4-5,8-9H2,1-3H3. The first kappa shape index (κ1) is 17.6. The predicted octanol–water partition coefficient (Wildman–Crippen LogP) is 1.73. The molecule has 0 aromatic carbocycles. The van der Waals surface area contributed by atoms with Crippen LogP contribution >= 0.6 is 0 Å². The van der Waals surface area contributed by atoms with Crippen molar-refractivity contribution in [1.82, 2.24) is 15.3 Å². The highest BCUT2D eigenvalue weighted by Gasteiger charge is 2.31. The van der Waals surface area contributed by atoms with E-state index in [-0.39, 0.29) is 18.0 Å². The molecule has 0 spiro atoms. The molecule has 21 heavy (non-hydrogen) atoms. The van der Waals surface area contributed by atoms with Gasteiger partial charge in [0.1, 0.15) is 6.54 Å². The summed E-state index contributed by atoms with van der Waals surface area (Å²) in [5.41, 5.74) is 0.711. The minimum atomic E-state index is -4.37. The summed E-state index contributed by atoms with van der Waals surface area (Å²) in [6.07, 6.45) is -1.39. The second kappa shape index (κ2) is 7.04. The van der Waals surface area contributed by atoms with Crippen LogP contribution in [0.15, 0.2) is 12.4 Å². The molecule has 0 saturated carbocycles. The summed E-state index contributed by atoms with van der Waals surface area (Å²) in [6.45, 7) is 4.81. The van der Waals surface area contributed by atoms with Crippen molar-refractivity contribution in [2.24, 2.45) is 0 Å². The zero-order chi connectivity index (χ0) is 16.1. The highest BCUT2D eigenvalue weighted by molar-refractivity contribution is 5.30. The van der Waals surface area contributed by atoms with Crippen LogP contribution in [0.4, 0.5) is 19.1 Å². The lowest BCUT2D eigenvalue weighted by atomic mass is 10.1. The largest absolute Gasteiger partial charge is 0.406 e. The highest BCUT2D eigenvalue weighted by atomic mass is 19.4. The van der Waals surface area contributed by atoms with Crippen LogP contribution in [0.3, 0.4) is 0 Å². The smallest absolute Gasteiger partial charge is 0.395 e. The van der Waals surface area contributed by atoms with E-state index in [1.165, 1.54) is 12.4 Å². The van der Waals surface area contributed by atoms with Gasteiger partial charge in [-0.2, -0.15) is 13.2 Å². The molecule has 0 fully saturated rings. The van der Waals surface area contributed by atoms with E-state index >= 15 is 0 Å². The molecule has 0 aliphatic carbocycles. The molecule has 0 atom stereocenters. The first-order valence-corrected chi connectivity index (χ1v) is 6.59. The van der Waals surface area contributed by atoms with E-state index in [9.17, 15) is 13.2 Å². The molecule has 0 unspecified atom stereocenters. The quantitative estimate of drug-likeness (QED) is 0.838. The third-order valence-corrected chi connectivity index (χ3v) is 2.54. The van der Waals surface area contributed by atoms with Gasteiger partial charge in [-0.1, -0.05) is 0 Å². The fraction of sp³-hybridized carbons (Fsp3) is 0.692. The van der Waals surface area contributed by atoms with Crippen LogP contribution in [0.1, 0.15) is 26.3 Å². The van der Waals surface area contributed by atoms with Crippen molar-refractivity contribution in [1.29, 1.82) is 0 Å². The van der Waals surface area contributed by atoms with E-state index in [4.69, 9.17) is 5.11 Å². The van der Waals surface area contributed by atoms with E-state index in [0.717, 1.165) is 10.5 Å². The van der Waals surface area contributed by atoms with Gasteiger partial charge < -0.3 is 15.3 Å². The predicted molar refractivity (Wildman–Crippen MR) is 74.0 cm³/mol. The Hall–Kier alpha value is -1.41. The monoisotopic (exact) mass is 306 g/mol. The molecule has 1 aromatic rings. The number of nitrogens with one attached hydrogen (secondary N) is 1. The fourth-order valence-electron chi connectivity index (χ4n) is 1.56. The Labute approximate surface area is 122 Å². The van der Waals surface area contributed by atoms with Gasteiger partial charge in [0, 0.05) is 36.6 Å². The van der Waals surface area contributed by atoms with E-state index < -0.39 is 19.3 Å². The zero-order valence-electron chi connectivity index (χ0n) is 12.4. The van der Waals surface area contributed by atoms with Crippen molar-refractivity contribution in [2.45, 2.75) is 39.0 Å². The molecule has 2 N–H and O–H groups in total. The summed E-state index contributed by atoms with van der Waals surface area (Å²) in [7, 11) is 0. The van der Waals surface area contributed by atoms with E-state index in [0.29, 0.717) is 6.54 Å². The molecule has 0 aliphatic heterocycles. The Kier molecular flexibility index (Phi) is 5.91. The van der Waals surface area contributed by atoms with Gasteiger partial charge in [-0.25, -0.2) is 9.97 Å². The summed E-state index contributed by atoms with van der Waals surface area (Å²) in [5.74, 6) is -0.0408. The molecule has 1 heterocycles. The normalized spacial score (nSPS) is 12.5. The molecular weight excluding hydrogens is 285 g/mol. The minimum Gasteiger partial charge on any atom is -0.395 e. The number of alkyl halides is 3. The second-order valence-electron chi connectivity index (χ2n) is 5.76. The molecular formula is C13H21F3N4O. The molecule has 8 heteroatoms. The summed E-state index contributed by atoms with van der Waals surface area (Å²) in [5, 5.41) is 12.1. The maximum atomic E-state index is 12.5. The van der Waals surface area contributed by atoms with Gasteiger partial charge in [-0.15, -0.1) is 0 Å². The Morgan fingerprint density at radius 2 is 1.76 bits per heavy atom. The molecule has 5 nitrogen and oxygen atoms in total. The van der Waals surface area contributed by atoms with Gasteiger partial charge in [0.15, 0.2) is 0 Å². The van der Waals surface area contributed by atoms with Crippen molar-refractivity contribution >= 4 is 5.95 Å². The van der Waals surface area contributed by atoms with Gasteiger partial charge in [0.25, 0.3) is 0 Å². The Morgan fingerprint density at radius 3 is 2.19 bits per heavy atom. The number of aliphatic hydroxyl groups is 1. The average Bonchev–Trinajstić information content (AvgIpc) is 2.34. The van der Waals surface area contributed by atoms with E-state index in [1.54, 1.807) is 0 Å². The fourth-order valence-corrected chi connectivity index (χ4v) is 1.56. The van der Waals surface area contributed by atoms with Crippen molar-refractivity contribution < 1.29 is 18.3 Å². The first-order valence-electron chi connectivity index (χ1n) is 6.59. The Bertz CT molecular complexity index is 429. The molecule has 1 rings (SSSR count). The number of anilines is 1. The maximum absolute atomic E-state index is 12.5. The molecule has 0 saturated heterocycles. The Balaban J connectivity index is 2.73. The number of aromatic nitrogens is 2. The highest BCUT2D eigenvalue weighted by Crippen LogP contribution is 2.19. The first-order chi connectivity index (χ1) is 9.61. The summed E-state index contributed by atoms with van der Waals surface area (Å²) in [4.78, 5) is 8.80. The topological polar surface area (TPSA) is 61.3 Å². The molecule has 0 aliphatic rings. The molecule has 120 valence electrons. The van der Waals surface area contributed by atoms with Crippen LogP contribution in [0, 0.1) is 0 Å². The number of hydrogen-bond donors (Lipinski definition) is 2. The van der Waals surface area contributed by atoms with Gasteiger partial charge in [-0.05, 0) is 20.8 Å². The van der Waals surface area contributed by atoms with Crippen LogP contribution in [-0.2, 0) is 6.54 Å². The summed E-state index contributed by atoms with van der Waals surface area (Å²) in [6, 6.07) is 0. The molecule has 0 radical (unpaired) electrons. The molecule has 1 aromatic heterocycles. The lowest BCUT2D eigenvalue weighted by Crippen LogP contribution is -2.37. The maximum Gasteiger partial charge on any atom is 0.406 e. The van der Waals surface area contributed by atoms with Gasteiger partial charge in [-0.3, -0.25) is 0 Å². The van der Waals surface area contributed by atoms with Gasteiger partial charge >= 0.3 is 6.18 Å². The van der Waals surface area contributed by atoms with Crippen LogP contribution < -0.4 is 10.2 Å². The Morgan fingerprint density at radius 1 is 1.19 bits per heavy atom. The average molecular weight is 306 g/mol. The van der Waals surface area contributed by atoms with Crippen LogP contribution in [0.2, 0.25) is 0 Å². The van der Waals surface area contributed by atoms with Crippen LogP contribution in [0.5, 0.6) is 0 Å². The lowest BCUT2D eigenvalue weighted by molar-refractivity contribution is -0.120. The van der Waals surface area contributed by atoms with Crippen molar-refractivity contribution in [3.63, 3.8) is 0 Å². The van der Waals surface area contributed by atoms with Crippen molar-refractivity contribution in [3.8, 4) is 0 Å². The van der Waals surface area contributed by atoms with Crippen molar-refractivity contribution in [2.75, 3.05) is 24.6 Å². The molecule has 0 amide bonds. The number of halogens is 3. The lowest BCUT2D eigenvalue weighted by Gasteiger charge is -2.23. The third kappa shape index (κ3) is 7.24. The van der Waals surface area contributed by atoms with E-state index in [1.807, 2.05) is 20.8 Å². The van der Waals surface area contributed by atoms with Crippen LogP contribution in [0.25, 0.3) is 0 Å². The number of hydrogen-bond acceptors (Lipinski definition) is 5. The molecule has 0 bridgehead atoms. The van der Waals surface area contributed by atoms with Gasteiger partial charge in [0.05, 0.1) is 6.61 Å². The SMILES string of the molecule is CC(C)(C)NCc1cnc(N(CCO)CC(F)(F)F)nc1.